The summed E-state index contributed by atoms with van der Waals surface area (Å²) in [6.45, 7) is 5.85. The number of aryl methyl sites for hydroxylation is 1. The van der Waals surface area contributed by atoms with Crippen LogP contribution in [0.15, 0.2) is 12.4 Å². The first-order chi connectivity index (χ1) is 8.93. The monoisotopic (exact) mass is 264 g/mol. The van der Waals surface area contributed by atoms with Crippen LogP contribution >= 0.6 is 0 Å². The number of aromatic nitrogens is 2. The fourth-order valence-electron chi connectivity index (χ4n) is 1.61. The molecule has 6 nitrogen and oxygen atoms in total. The third-order valence-electron chi connectivity index (χ3n) is 2.64. The standard InChI is InChI=1S/C13H20N4O2/c1-4-11-15-6-9(7-16-11)13(19)17-10(12(14)18)5-8(2)3/h6-8,10H,4-5H2,1-3H3,(H2,14,18)(H,17,19)/t10-/m0/s1. The molecule has 19 heavy (non-hydrogen) atoms. The quantitative estimate of drug-likeness (QED) is 0.789. The van der Waals surface area contributed by atoms with E-state index in [1.165, 1.54) is 12.4 Å². The zero-order valence-electron chi connectivity index (χ0n) is 11.5. The average molecular weight is 264 g/mol. The number of primary amides is 1. The van der Waals surface area contributed by atoms with E-state index in [1.54, 1.807) is 0 Å². The van der Waals surface area contributed by atoms with Gasteiger partial charge in [0, 0.05) is 18.8 Å². The first kappa shape index (κ1) is 15.1. The van der Waals surface area contributed by atoms with Gasteiger partial charge in [-0.05, 0) is 12.3 Å². The minimum absolute atomic E-state index is 0.261. The summed E-state index contributed by atoms with van der Waals surface area (Å²) in [5, 5.41) is 2.61. The summed E-state index contributed by atoms with van der Waals surface area (Å²) in [6, 6.07) is -0.668. The molecule has 6 heteroatoms. The molecule has 2 amide bonds. The minimum atomic E-state index is -0.668. The Labute approximate surface area is 112 Å². The first-order valence-electron chi connectivity index (χ1n) is 6.35. The van der Waals surface area contributed by atoms with Crippen molar-refractivity contribution in [1.82, 2.24) is 15.3 Å². The molecule has 1 rings (SSSR count). The van der Waals surface area contributed by atoms with Crippen molar-refractivity contribution >= 4 is 11.8 Å². The normalized spacial score (nSPS) is 12.2. The van der Waals surface area contributed by atoms with Crippen molar-refractivity contribution in [1.29, 1.82) is 0 Å². The Morgan fingerprint density at radius 3 is 2.32 bits per heavy atom. The molecule has 0 aliphatic heterocycles. The molecule has 1 aromatic rings. The van der Waals surface area contributed by atoms with E-state index in [-0.39, 0.29) is 11.8 Å². The lowest BCUT2D eigenvalue weighted by molar-refractivity contribution is -0.120. The van der Waals surface area contributed by atoms with E-state index in [4.69, 9.17) is 5.73 Å². The molecule has 0 aromatic carbocycles. The van der Waals surface area contributed by atoms with Crippen LogP contribution in [0.2, 0.25) is 0 Å². The van der Waals surface area contributed by atoms with E-state index in [0.29, 0.717) is 24.2 Å². The highest BCUT2D eigenvalue weighted by Gasteiger charge is 2.20. The molecule has 0 unspecified atom stereocenters. The molecule has 104 valence electrons. The maximum atomic E-state index is 11.9. The average Bonchev–Trinajstić information content (AvgIpc) is 2.37. The zero-order valence-corrected chi connectivity index (χ0v) is 11.5. The van der Waals surface area contributed by atoms with Gasteiger partial charge in [0.25, 0.3) is 5.91 Å². The maximum absolute atomic E-state index is 11.9. The number of carbonyl (C=O) groups is 2. The Balaban J connectivity index is 2.72. The zero-order chi connectivity index (χ0) is 14.4. The van der Waals surface area contributed by atoms with Crippen LogP contribution < -0.4 is 11.1 Å². The molecule has 1 atom stereocenters. The molecule has 0 bridgehead atoms. The van der Waals surface area contributed by atoms with Crippen LogP contribution in [0.5, 0.6) is 0 Å². The van der Waals surface area contributed by atoms with Crippen molar-refractivity contribution in [3.8, 4) is 0 Å². The Bertz CT molecular complexity index is 442. The largest absolute Gasteiger partial charge is 0.368 e. The number of nitrogens with two attached hydrogens (primary N) is 1. The van der Waals surface area contributed by atoms with Crippen LogP contribution in [-0.4, -0.2) is 27.8 Å². The maximum Gasteiger partial charge on any atom is 0.255 e. The Hall–Kier alpha value is -1.98. The summed E-state index contributed by atoms with van der Waals surface area (Å²) >= 11 is 0. The fourth-order valence-corrected chi connectivity index (χ4v) is 1.61. The highest BCUT2D eigenvalue weighted by atomic mass is 16.2. The second kappa shape index (κ2) is 6.82. The van der Waals surface area contributed by atoms with Crippen molar-refractivity contribution in [3.05, 3.63) is 23.8 Å². The molecule has 1 aromatic heterocycles. The van der Waals surface area contributed by atoms with E-state index < -0.39 is 11.9 Å². The summed E-state index contributed by atoms with van der Waals surface area (Å²) in [6.07, 6.45) is 4.12. The summed E-state index contributed by atoms with van der Waals surface area (Å²) < 4.78 is 0. The molecular weight excluding hydrogens is 244 g/mol. The molecule has 0 aliphatic carbocycles. The lowest BCUT2D eigenvalue weighted by Crippen LogP contribution is -2.45. The second-order valence-electron chi connectivity index (χ2n) is 4.80. The number of carbonyl (C=O) groups excluding carboxylic acids is 2. The van der Waals surface area contributed by atoms with Gasteiger partial charge in [0.15, 0.2) is 0 Å². The highest BCUT2D eigenvalue weighted by Crippen LogP contribution is 2.06. The van der Waals surface area contributed by atoms with E-state index in [1.807, 2.05) is 20.8 Å². The van der Waals surface area contributed by atoms with Gasteiger partial charge in [0.05, 0.1) is 5.56 Å². The third-order valence-corrected chi connectivity index (χ3v) is 2.64. The number of amides is 2. The second-order valence-corrected chi connectivity index (χ2v) is 4.80. The van der Waals surface area contributed by atoms with Crippen LogP contribution in [-0.2, 0) is 11.2 Å². The van der Waals surface area contributed by atoms with Gasteiger partial charge in [-0.25, -0.2) is 9.97 Å². The Kier molecular flexibility index (Phi) is 5.41. The molecule has 0 saturated carbocycles. The van der Waals surface area contributed by atoms with Gasteiger partial charge in [-0.15, -0.1) is 0 Å². The lowest BCUT2D eigenvalue weighted by Gasteiger charge is -2.17. The van der Waals surface area contributed by atoms with E-state index in [9.17, 15) is 9.59 Å². The van der Waals surface area contributed by atoms with Gasteiger partial charge >= 0.3 is 0 Å². The van der Waals surface area contributed by atoms with Gasteiger partial charge in [0.2, 0.25) is 5.91 Å². The van der Waals surface area contributed by atoms with Crippen molar-refractivity contribution in [2.24, 2.45) is 11.7 Å². The Morgan fingerprint density at radius 1 is 1.32 bits per heavy atom. The van der Waals surface area contributed by atoms with E-state index in [0.717, 1.165) is 0 Å². The predicted molar refractivity (Wildman–Crippen MR) is 71.3 cm³/mol. The smallest absolute Gasteiger partial charge is 0.255 e. The molecule has 3 N–H and O–H groups in total. The van der Waals surface area contributed by atoms with Gasteiger partial charge in [0.1, 0.15) is 11.9 Å². The highest BCUT2D eigenvalue weighted by molar-refractivity contribution is 5.96. The number of rotatable bonds is 6. The lowest BCUT2D eigenvalue weighted by atomic mass is 10.0. The minimum Gasteiger partial charge on any atom is -0.368 e. The van der Waals surface area contributed by atoms with Crippen LogP contribution in [0, 0.1) is 5.92 Å². The van der Waals surface area contributed by atoms with Gasteiger partial charge < -0.3 is 11.1 Å². The molecule has 0 fully saturated rings. The topological polar surface area (TPSA) is 98.0 Å². The molecular formula is C13H20N4O2. The number of nitrogens with zero attached hydrogens (tertiary/aromatic N) is 2. The van der Waals surface area contributed by atoms with Crippen molar-refractivity contribution in [3.63, 3.8) is 0 Å². The van der Waals surface area contributed by atoms with Crippen molar-refractivity contribution in [2.75, 3.05) is 0 Å². The van der Waals surface area contributed by atoms with Crippen LogP contribution in [0.4, 0.5) is 0 Å². The Morgan fingerprint density at radius 2 is 1.89 bits per heavy atom. The summed E-state index contributed by atoms with van der Waals surface area (Å²) in [5.74, 6) is 0.0157. The van der Waals surface area contributed by atoms with Crippen LogP contribution in [0.3, 0.4) is 0 Å². The van der Waals surface area contributed by atoms with Gasteiger partial charge in [-0.3, -0.25) is 9.59 Å². The van der Waals surface area contributed by atoms with E-state index in [2.05, 4.69) is 15.3 Å². The third kappa shape index (κ3) is 4.65. The van der Waals surface area contributed by atoms with E-state index >= 15 is 0 Å². The van der Waals surface area contributed by atoms with Crippen molar-refractivity contribution in [2.45, 2.75) is 39.7 Å². The number of nitrogens with one attached hydrogen (secondary N) is 1. The van der Waals surface area contributed by atoms with Crippen LogP contribution in [0.1, 0.15) is 43.4 Å². The number of hydrogen-bond acceptors (Lipinski definition) is 4. The van der Waals surface area contributed by atoms with Gasteiger partial charge in [-0.2, -0.15) is 0 Å². The van der Waals surface area contributed by atoms with Crippen LogP contribution in [0.25, 0.3) is 0 Å². The fraction of sp³-hybridized carbons (Fsp3) is 0.538. The summed E-state index contributed by atoms with van der Waals surface area (Å²) in [5.41, 5.74) is 5.60. The molecule has 0 aliphatic rings. The number of hydrogen-bond donors (Lipinski definition) is 2. The molecule has 0 saturated heterocycles. The summed E-state index contributed by atoms with van der Waals surface area (Å²) in [7, 11) is 0. The molecule has 1 heterocycles. The first-order valence-corrected chi connectivity index (χ1v) is 6.35. The molecule has 0 spiro atoms. The summed E-state index contributed by atoms with van der Waals surface area (Å²) in [4.78, 5) is 31.3. The predicted octanol–water partition coefficient (Wildman–Crippen LogP) is 0.669. The SMILES string of the molecule is CCc1ncc(C(=O)N[C@@H](CC(C)C)C(N)=O)cn1. The molecule has 0 radical (unpaired) electrons. The van der Waals surface area contributed by atoms with Gasteiger partial charge in [-0.1, -0.05) is 20.8 Å². The van der Waals surface area contributed by atoms with Crippen molar-refractivity contribution < 1.29 is 9.59 Å².